The first-order chi connectivity index (χ1) is 40.2. The maximum absolute atomic E-state index is 13.0. The fraction of sp³-hybridized carbons (Fsp3) is 0.947. The van der Waals surface area contributed by atoms with Crippen molar-refractivity contribution in [3.8, 4) is 0 Å². The van der Waals surface area contributed by atoms with Crippen LogP contribution < -0.4 is 0 Å². The number of carbonyl (C=O) groups is 1. The Bertz CT molecular complexity index is 2350. The Morgan fingerprint density at radius 1 is 0.600 bits per heavy atom. The summed E-state index contributed by atoms with van der Waals surface area (Å²) >= 11 is 0. The van der Waals surface area contributed by atoms with Gasteiger partial charge in [-0.05, 0) is 80.5 Å². The first-order valence-corrected chi connectivity index (χ1v) is 30.2. The topological polar surface area (TPSA) is 442 Å². The molecule has 10 rings (SSSR count). The second kappa shape index (κ2) is 25.1. The molecule has 28 nitrogen and oxygen atoms in total. The molecule has 10 aliphatic rings. The normalized spacial score (nSPS) is 52.5. The van der Waals surface area contributed by atoms with Gasteiger partial charge < -0.3 is 134 Å². The van der Waals surface area contributed by atoms with Crippen molar-refractivity contribution in [3.63, 3.8) is 0 Å². The molecule has 0 aromatic carbocycles. The quantitative estimate of drug-likeness (QED) is 0.0571. The van der Waals surface area contributed by atoms with E-state index >= 15 is 0 Å². The average Bonchev–Trinajstić information content (AvgIpc) is 1.62. The van der Waals surface area contributed by atoms with Gasteiger partial charge in [-0.2, -0.15) is 0 Å². The van der Waals surface area contributed by atoms with E-state index in [4.69, 9.17) is 52.1 Å². The van der Waals surface area contributed by atoms with Crippen LogP contribution in [0.15, 0.2) is 11.1 Å². The van der Waals surface area contributed by atoms with E-state index in [1.807, 2.05) is 6.92 Å². The summed E-state index contributed by atoms with van der Waals surface area (Å²) in [6.45, 7) is 5.13. The second-order valence-corrected chi connectivity index (χ2v) is 26.5. The average molecular weight is 1230 g/mol. The summed E-state index contributed by atoms with van der Waals surface area (Å²) in [6, 6.07) is 0. The largest absolute Gasteiger partial charge is 0.396 e. The van der Waals surface area contributed by atoms with Gasteiger partial charge in [-0.3, -0.25) is 4.79 Å². The van der Waals surface area contributed by atoms with E-state index in [9.17, 15) is 86.5 Å². The van der Waals surface area contributed by atoms with E-state index in [0.29, 0.717) is 32.1 Å². The van der Waals surface area contributed by atoms with Crippen LogP contribution in [-0.4, -0.2) is 293 Å². The predicted octanol–water partition coefficient (Wildman–Crippen LogP) is -5.03. The van der Waals surface area contributed by atoms with Gasteiger partial charge in [0.05, 0.1) is 64.6 Å². The summed E-state index contributed by atoms with van der Waals surface area (Å²) in [5, 5.41) is 176. The molecule has 4 aliphatic carbocycles. The molecule has 0 bridgehead atoms. The third kappa shape index (κ3) is 10.7. The number of aliphatic hydroxyl groups is 16. The Morgan fingerprint density at radius 2 is 1.21 bits per heavy atom. The number of allylic oxidation sites excluding steroid dienone is 2. The second-order valence-electron chi connectivity index (χ2n) is 26.5. The molecule has 6 saturated heterocycles. The lowest BCUT2D eigenvalue weighted by atomic mass is 9.42. The molecule has 28 heteroatoms. The summed E-state index contributed by atoms with van der Waals surface area (Å²) < 4.78 is 66.7. The molecular weight excluding hydrogens is 1130 g/mol. The third-order valence-corrected chi connectivity index (χ3v) is 22.4. The van der Waals surface area contributed by atoms with Gasteiger partial charge in [0.1, 0.15) is 109 Å². The highest BCUT2D eigenvalue weighted by atomic mass is 16.8. The third-order valence-electron chi connectivity index (χ3n) is 22.4. The van der Waals surface area contributed by atoms with Crippen molar-refractivity contribution < 1.29 is 139 Å². The van der Waals surface area contributed by atoms with Crippen molar-refractivity contribution in [2.24, 2.45) is 33.5 Å². The van der Waals surface area contributed by atoms with Crippen molar-refractivity contribution in [2.75, 3.05) is 52.9 Å². The first kappa shape index (κ1) is 66.3. The van der Waals surface area contributed by atoms with Crippen LogP contribution in [0.25, 0.3) is 0 Å². The zero-order chi connectivity index (χ0) is 61.7. The number of hydrogen-bond acceptors (Lipinski definition) is 28. The van der Waals surface area contributed by atoms with Crippen LogP contribution in [0.2, 0.25) is 0 Å². The number of Topliss-reactive ketones (excluding diaryl/α,β-unsaturated/α-hetero) is 1. The van der Waals surface area contributed by atoms with E-state index in [-0.39, 0.29) is 34.9 Å². The molecule has 1 spiro atoms. The molecule has 85 heavy (non-hydrogen) atoms. The fourth-order valence-electron chi connectivity index (χ4n) is 16.9. The number of fused-ring (bicyclic) bond motifs is 5. The lowest BCUT2D eigenvalue weighted by Gasteiger charge is -2.64. The number of aliphatic hydroxyl groups excluding tert-OH is 15. The van der Waals surface area contributed by atoms with E-state index in [0.717, 1.165) is 25.7 Å². The summed E-state index contributed by atoms with van der Waals surface area (Å²) in [5.41, 5.74) is -2.30. The highest BCUT2D eigenvalue weighted by molar-refractivity contribution is 5.83. The Morgan fingerprint density at radius 3 is 1.85 bits per heavy atom. The molecule has 0 aromatic rings. The van der Waals surface area contributed by atoms with Crippen LogP contribution in [0.4, 0.5) is 0 Å². The van der Waals surface area contributed by atoms with Gasteiger partial charge in [-0.1, -0.05) is 45.8 Å². The Kier molecular flexibility index (Phi) is 19.6. The van der Waals surface area contributed by atoms with Crippen LogP contribution in [0.3, 0.4) is 0 Å². The molecule has 488 valence electrons. The molecule has 0 aromatic heterocycles. The minimum absolute atomic E-state index is 0.129. The van der Waals surface area contributed by atoms with Crippen molar-refractivity contribution in [3.05, 3.63) is 11.1 Å². The SMILES string of the molecule is CCC(=O)[C@@H]1C[C@H](C)[C@]2(CC[C@@]3(C)C4=C(CC[C@]32C)[C@]2(C)CC[C@H](O[C@@H]3O[C@H](CO[C@@H]5OC[C@@H](O)[C@H](O)[C@@H]5O[C@H]5O[C@@H](CO)[C@H](O)[C@H](O[C@H]6O[C@@H](CO)[C@H](O)[C@@H](O)[C@@H]6O)[C@@H]5O[C@H]5OC[C@](O)(CO)[C@H]5O)[C@@H](O)[C@@H](O)[C@H]3O)C(CO)(CO)[C@H]2CC4)O1. The van der Waals surface area contributed by atoms with Gasteiger partial charge in [0.2, 0.25) is 0 Å². The Balaban J connectivity index is 0.863. The van der Waals surface area contributed by atoms with Gasteiger partial charge >= 0.3 is 0 Å². The molecule has 16 N–H and O–H groups in total. The van der Waals surface area contributed by atoms with E-state index in [2.05, 4.69) is 27.7 Å². The molecule has 0 unspecified atom stereocenters. The maximum Gasteiger partial charge on any atom is 0.187 e. The Hall–Kier alpha value is -1.67. The van der Waals surface area contributed by atoms with Gasteiger partial charge in [0.25, 0.3) is 0 Å². The zero-order valence-corrected chi connectivity index (χ0v) is 48.7. The maximum atomic E-state index is 13.0. The van der Waals surface area contributed by atoms with Crippen molar-refractivity contribution >= 4 is 5.78 Å². The lowest BCUT2D eigenvalue weighted by molar-refractivity contribution is -0.397. The molecule has 6 heterocycles. The first-order valence-electron chi connectivity index (χ1n) is 30.2. The molecule has 6 aliphatic heterocycles. The molecular formula is C57H92O28. The van der Waals surface area contributed by atoms with Crippen LogP contribution in [0.1, 0.15) is 98.8 Å². The number of carbonyl (C=O) groups excluding carboxylic acids is 1. The minimum Gasteiger partial charge on any atom is -0.396 e. The van der Waals surface area contributed by atoms with Crippen LogP contribution >= 0.6 is 0 Å². The molecule has 2 saturated carbocycles. The smallest absolute Gasteiger partial charge is 0.187 e. The van der Waals surface area contributed by atoms with Gasteiger partial charge in [-0.25, -0.2) is 0 Å². The summed E-state index contributed by atoms with van der Waals surface area (Å²) in [7, 11) is 0. The van der Waals surface area contributed by atoms with Crippen LogP contribution in [-0.2, 0) is 56.9 Å². The lowest BCUT2D eigenvalue weighted by Crippen LogP contribution is -2.67. The minimum atomic E-state index is -2.28. The number of hydrogen-bond donors (Lipinski definition) is 16. The van der Waals surface area contributed by atoms with E-state index in [1.54, 1.807) is 0 Å². The zero-order valence-electron chi connectivity index (χ0n) is 48.7. The van der Waals surface area contributed by atoms with E-state index < -0.39 is 216 Å². The predicted molar refractivity (Wildman–Crippen MR) is 282 cm³/mol. The highest BCUT2D eigenvalue weighted by Crippen LogP contribution is 2.75. The number of rotatable bonds is 18. The van der Waals surface area contributed by atoms with Crippen molar-refractivity contribution in [2.45, 2.75) is 251 Å². The number of ketones is 1. The van der Waals surface area contributed by atoms with Crippen LogP contribution in [0.5, 0.6) is 0 Å². The van der Waals surface area contributed by atoms with Gasteiger partial charge in [-0.15, -0.1) is 0 Å². The highest BCUT2D eigenvalue weighted by Gasteiger charge is 2.72. The molecule has 0 radical (unpaired) electrons. The van der Waals surface area contributed by atoms with Crippen molar-refractivity contribution in [1.82, 2.24) is 0 Å². The van der Waals surface area contributed by atoms with Gasteiger partial charge in [0, 0.05) is 17.3 Å². The molecule has 30 atom stereocenters. The summed E-state index contributed by atoms with van der Waals surface area (Å²) in [4.78, 5) is 13.0. The molecule has 0 amide bonds. The fourth-order valence-corrected chi connectivity index (χ4v) is 16.9. The molecule has 8 fully saturated rings. The Labute approximate surface area is 492 Å². The monoisotopic (exact) mass is 1220 g/mol. The standard InChI is InChI=1S/C57H92O28/c1-6-27(63)29-15-24(2)57(85-29)14-13-53(4)26-7-8-33-52(3,25(26)9-12-54(53,57)5)11-10-34(55(33,20-60)21-61)81-47-41(71)40(70)37(67)32(80-47)19-76-49-44(35(65)28(64)18-75-49)83-50-45(84-51-46(73)56(74,22-62)23-77-51)43(38(68)31(17-59)79-50)82-48-42(72)39(69)36(66)30(16-58)78-48/h24,28-51,58-62,64-74H,6-23H2,1-5H3/t24-,28+,29-,30-,31-,32+,33-,34-,35-,36-,37+,38-,39+,40+,41+,42-,43-,44-,45-,46-,47-,48+,49-,50+,51+,52-,53-,54+,56+,57-/m0/s1. The van der Waals surface area contributed by atoms with Gasteiger partial charge in [0.15, 0.2) is 37.2 Å². The van der Waals surface area contributed by atoms with Crippen LogP contribution in [0, 0.1) is 33.5 Å². The van der Waals surface area contributed by atoms with Crippen molar-refractivity contribution in [1.29, 1.82) is 0 Å². The summed E-state index contributed by atoms with van der Waals surface area (Å²) in [5.74, 6) is 0.00129. The summed E-state index contributed by atoms with van der Waals surface area (Å²) in [6.07, 6.45) is -33.7. The van der Waals surface area contributed by atoms with E-state index in [1.165, 1.54) is 11.1 Å². The number of ether oxygens (including phenoxy) is 11.